The molecule has 0 saturated carbocycles. The first kappa shape index (κ1) is 13.0. The molecule has 1 aromatic rings. The minimum atomic E-state index is -3.52. The number of hydrogen-bond donors (Lipinski definition) is 0. The van der Waals surface area contributed by atoms with Crippen LogP contribution in [0.1, 0.15) is 19.8 Å². The number of benzene rings is 1. The summed E-state index contributed by atoms with van der Waals surface area (Å²) in [5.74, 6) is 0. The van der Waals surface area contributed by atoms with Crippen molar-refractivity contribution in [2.24, 2.45) is 0 Å². The van der Waals surface area contributed by atoms with Crippen LogP contribution in [0.5, 0.6) is 0 Å². The van der Waals surface area contributed by atoms with E-state index in [0.717, 1.165) is 12.8 Å². The average Bonchev–Trinajstić information content (AvgIpc) is 2.76. The molecule has 1 aliphatic rings. The summed E-state index contributed by atoms with van der Waals surface area (Å²) in [4.78, 5) is 10.1. The first-order chi connectivity index (χ1) is 8.43. The summed E-state index contributed by atoms with van der Waals surface area (Å²) >= 11 is 0. The second-order valence-electron chi connectivity index (χ2n) is 4.36. The van der Waals surface area contributed by atoms with Crippen molar-refractivity contribution in [3.8, 4) is 0 Å². The second kappa shape index (κ2) is 4.66. The molecule has 0 aromatic heterocycles. The highest BCUT2D eigenvalue weighted by Gasteiger charge is 2.32. The molecular formula is C11H14N2O4S. The lowest BCUT2D eigenvalue weighted by atomic mass is 10.3. The Morgan fingerprint density at radius 1 is 1.33 bits per heavy atom. The van der Waals surface area contributed by atoms with Crippen molar-refractivity contribution in [1.29, 1.82) is 0 Å². The van der Waals surface area contributed by atoms with Crippen molar-refractivity contribution in [1.82, 2.24) is 4.31 Å². The molecule has 2 rings (SSSR count). The van der Waals surface area contributed by atoms with Crippen LogP contribution in [0.3, 0.4) is 0 Å². The highest BCUT2D eigenvalue weighted by molar-refractivity contribution is 7.89. The zero-order valence-corrected chi connectivity index (χ0v) is 10.8. The fraction of sp³-hybridized carbons (Fsp3) is 0.455. The van der Waals surface area contributed by atoms with Crippen molar-refractivity contribution in [3.05, 3.63) is 34.4 Å². The van der Waals surface area contributed by atoms with Gasteiger partial charge >= 0.3 is 0 Å². The van der Waals surface area contributed by atoms with Gasteiger partial charge in [-0.2, -0.15) is 4.31 Å². The predicted molar refractivity (Wildman–Crippen MR) is 65.7 cm³/mol. The Labute approximate surface area is 105 Å². The zero-order valence-electron chi connectivity index (χ0n) is 9.94. The highest BCUT2D eigenvalue weighted by Crippen LogP contribution is 2.26. The molecule has 7 heteroatoms. The first-order valence-corrected chi connectivity index (χ1v) is 7.13. The Balaban J connectivity index is 2.33. The van der Waals surface area contributed by atoms with Gasteiger partial charge in [0.15, 0.2) is 0 Å². The molecule has 6 nitrogen and oxygen atoms in total. The van der Waals surface area contributed by atoms with Crippen molar-refractivity contribution < 1.29 is 13.3 Å². The van der Waals surface area contributed by atoms with Gasteiger partial charge in [-0.05, 0) is 31.9 Å². The van der Waals surface area contributed by atoms with E-state index in [0.29, 0.717) is 6.54 Å². The van der Waals surface area contributed by atoms with Gasteiger partial charge in [-0.3, -0.25) is 10.1 Å². The molecule has 18 heavy (non-hydrogen) atoms. The molecule has 0 unspecified atom stereocenters. The Bertz CT molecular complexity index is 553. The summed E-state index contributed by atoms with van der Waals surface area (Å²) in [5.41, 5.74) is -0.108. The molecule has 0 radical (unpaired) electrons. The molecule has 98 valence electrons. The van der Waals surface area contributed by atoms with Crippen LogP contribution < -0.4 is 0 Å². The molecule has 1 heterocycles. The monoisotopic (exact) mass is 270 g/mol. The summed E-state index contributed by atoms with van der Waals surface area (Å²) < 4.78 is 26.0. The third-order valence-electron chi connectivity index (χ3n) is 3.15. The van der Waals surface area contributed by atoms with Crippen molar-refractivity contribution >= 4 is 15.7 Å². The molecule has 0 aliphatic carbocycles. The second-order valence-corrected chi connectivity index (χ2v) is 6.25. The number of nitro benzene ring substituents is 1. The van der Waals surface area contributed by atoms with Crippen LogP contribution in [0, 0.1) is 10.1 Å². The van der Waals surface area contributed by atoms with Gasteiger partial charge in [0.05, 0.1) is 9.82 Å². The maximum Gasteiger partial charge on any atom is 0.269 e. The molecule has 1 saturated heterocycles. The molecule has 1 aliphatic heterocycles. The Hall–Kier alpha value is -1.47. The highest BCUT2D eigenvalue weighted by atomic mass is 32.2. The Kier molecular flexibility index (Phi) is 3.36. The zero-order chi connectivity index (χ0) is 13.3. The molecule has 0 bridgehead atoms. The summed E-state index contributed by atoms with van der Waals surface area (Å²) in [5, 5.41) is 10.5. The summed E-state index contributed by atoms with van der Waals surface area (Å²) in [6.07, 6.45) is 1.71. The van der Waals surface area contributed by atoms with Gasteiger partial charge in [0.2, 0.25) is 10.0 Å². The van der Waals surface area contributed by atoms with E-state index in [1.807, 2.05) is 6.92 Å². The maximum atomic E-state index is 12.3. The molecule has 0 amide bonds. The lowest BCUT2D eigenvalue weighted by Gasteiger charge is -2.20. The fourth-order valence-electron chi connectivity index (χ4n) is 2.14. The minimum Gasteiger partial charge on any atom is -0.258 e. The predicted octanol–water partition coefficient (Wildman–Crippen LogP) is 1.77. The SMILES string of the molecule is C[C@@H]1CCCN1S(=O)(=O)c1ccc([N+](=O)[O-])cc1. The van der Waals surface area contributed by atoms with E-state index in [9.17, 15) is 18.5 Å². The van der Waals surface area contributed by atoms with E-state index in [1.165, 1.54) is 28.6 Å². The number of sulfonamides is 1. The van der Waals surface area contributed by atoms with Crippen LogP contribution in [0.4, 0.5) is 5.69 Å². The fourth-order valence-corrected chi connectivity index (χ4v) is 3.84. The van der Waals surface area contributed by atoms with Gasteiger partial charge in [-0.25, -0.2) is 8.42 Å². The van der Waals surface area contributed by atoms with E-state index in [4.69, 9.17) is 0 Å². The lowest BCUT2D eigenvalue weighted by Crippen LogP contribution is -2.33. The number of hydrogen-bond acceptors (Lipinski definition) is 4. The summed E-state index contributed by atoms with van der Waals surface area (Å²) in [7, 11) is -3.52. The Morgan fingerprint density at radius 3 is 2.39 bits per heavy atom. The van der Waals surface area contributed by atoms with Crippen LogP contribution in [0.25, 0.3) is 0 Å². The molecule has 1 atom stereocenters. The van der Waals surface area contributed by atoms with Gasteiger partial charge in [0.25, 0.3) is 5.69 Å². The maximum absolute atomic E-state index is 12.3. The smallest absolute Gasteiger partial charge is 0.258 e. The van der Waals surface area contributed by atoms with Gasteiger partial charge in [-0.15, -0.1) is 0 Å². The van der Waals surface area contributed by atoms with Crippen molar-refractivity contribution in [2.45, 2.75) is 30.7 Å². The van der Waals surface area contributed by atoms with Gasteiger partial charge in [0.1, 0.15) is 0 Å². The van der Waals surface area contributed by atoms with Crippen molar-refractivity contribution in [3.63, 3.8) is 0 Å². The molecule has 0 N–H and O–H groups in total. The first-order valence-electron chi connectivity index (χ1n) is 5.69. The van der Waals surface area contributed by atoms with Gasteiger partial charge in [0, 0.05) is 24.7 Å². The number of nitro groups is 1. The van der Waals surface area contributed by atoms with Gasteiger partial charge < -0.3 is 0 Å². The third-order valence-corrected chi connectivity index (χ3v) is 5.17. The molecule has 1 fully saturated rings. The lowest BCUT2D eigenvalue weighted by molar-refractivity contribution is -0.384. The molecule has 1 aromatic carbocycles. The van der Waals surface area contributed by atoms with Crippen molar-refractivity contribution in [2.75, 3.05) is 6.54 Å². The number of rotatable bonds is 3. The number of non-ortho nitro benzene ring substituents is 1. The van der Waals surface area contributed by atoms with Crippen LogP contribution >= 0.6 is 0 Å². The van der Waals surface area contributed by atoms with E-state index < -0.39 is 14.9 Å². The minimum absolute atomic E-state index is 0.00908. The summed E-state index contributed by atoms with van der Waals surface area (Å²) in [6, 6.07) is 5.00. The standard InChI is InChI=1S/C11H14N2O4S/c1-9-3-2-8-12(9)18(16,17)11-6-4-10(5-7-11)13(14)15/h4-7,9H,2-3,8H2,1H3/t9-/m1/s1. The molecular weight excluding hydrogens is 256 g/mol. The summed E-state index contributed by atoms with van der Waals surface area (Å²) in [6.45, 7) is 2.39. The number of nitrogens with zero attached hydrogens (tertiary/aromatic N) is 2. The van der Waals surface area contributed by atoms with E-state index in [-0.39, 0.29) is 16.6 Å². The van der Waals surface area contributed by atoms with Crippen LogP contribution in [-0.2, 0) is 10.0 Å². The largest absolute Gasteiger partial charge is 0.269 e. The molecule has 0 spiro atoms. The van der Waals surface area contributed by atoms with Crippen LogP contribution in [0.2, 0.25) is 0 Å². The Morgan fingerprint density at radius 2 is 1.94 bits per heavy atom. The normalized spacial score (nSPS) is 21.1. The average molecular weight is 270 g/mol. The van der Waals surface area contributed by atoms with Crippen LogP contribution in [0.15, 0.2) is 29.2 Å². The third kappa shape index (κ3) is 2.23. The van der Waals surface area contributed by atoms with E-state index in [2.05, 4.69) is 0 Å². The topological polar surface area (TPSA) is 80.5 Å². The van der Waals surface area contributed by atoms with Crippen LogP contribution in [-0.4, -0.2) is 30.2 Å². The van der Waals surface area contributed by atoms with E-state index >= 15 is 0 Å². The van der Waals surface area contributed by atoms with E-state index in [1.54, 1.807) is 0 Å². The quantitative estimate of drug-likeness (QED) is 0.619. The van der Waals surface area contributed by atoms with Gasteiger partial charge in [-0.1, -0.05) is 0 Å².